The van der Waals surface area contributed by atoms with Crippen molar-refractivity contribution < 1.29 is 22.8 Å². The minimum absolute atomic E-state index is 0.0354. The number of anilines is 2. The first-order valence-corrected chi connectivity index (χ1v) is 6.06. The van der Waals surface area contributed by atoms with Gasteiger partial charge in [0.1, 0.15) is 0 Å². The van der Waals surface area contributed by atoms with E-state index in [9.17, 15) is 22.8 Å². The number of halogens is 3. The van der Waals surface area contributed by atoms with Crippen LogP contribution in [0.2, 0.25) is 0 Å². The molecule has 1 aliphatic carbocycles. The molecule has 20 heavy (non-hydrogen) atoms. The second-order valence-electron chi connectivity index (χ2n) is 5.13. The molecule has 0 aromatic heterocycles. The van der Waals surface area contributed by atoms with Gasteiger partial charge in [-0.25, -0.2) is 0 Å². The predicted molar refractivity (Wildman–Crippen MR) is 65.4 cm³/mol. The lowest BCUT2D eigenvalue weighted by Gasteiger charge is -2.11. The molecule has 1 heterocycles. The molecule has 0 saturated heterocycles. The van der Waals surface area contributed by atoms with Crippen LogP contribution in [-0.4, -0.2) is 25.0 Å². The van der Waals surface area contributed by atoms with Crippen molar-refractivity contribution in [3.05, 3.63) is 23.8 Å². The Morgan fingerprint density at radius 3 is 2.55 bits per heavy atom. The Morgan fingerprint density at radius 2 is 2.00 bits per heavy atom. The molecule has 0 radical (unpaired) electrons. The number of fused-ring (bicyclic) bond motifs is 2. The van der Waals surface area contributed by atoms with Gasteiger partial charge in [0.15, 0.2) is 0 Å². The zero-order valence-electron chi connectivity index (χ0n) is 10.5. The first-order valence-electron chi connectivity index (χ1n) is 6.06. The maximum atomic E-state index is 12.2. The van der Waals surface area contributed by atoms with Crippen LogP contribution in [0.5, 0.6) is 0 Å². The van der Waals surface area contributed by atoms with E-state index in [0.717, 1.165) is 0 Å². The SMILES string of the molecule is CN1C(=O)C2(CC2)c2cc(NC(=O)C(F)(F)F)ccc21. The number of carbonyl (C=O) groups is 2. The summed E-state index contributed by atoms with van der Waals surface area (Å²) in [5.41, 5.74) is 0.867. The highest BCUT2D eigenvalue weighted by molar-refractivity contribution is 6.10. The van der Waals surface area contributed by atoms with Crippen LogP contribution in [0.25, 0.3) is 0 Å². The third kappa shape index (κ3) is 1.69. The lowest BCUT2D eigenvalue weighted by Crippen LogP contribution is -2.30. The predicted octanol–water partition coefficient (Wildman–Crippen LogP) is 2.20. The van der Waals surface area contributed by atoms with Crippen molar-refractivity contribution in [2.45, 2.75) is 24.4 Å². The summed E-state index contributed by atoms with van der Waals surface area (Å²) >= 11 is 0. The van der Waals surface area contributed by atoms with Crippen LogP contribution in [0.15, 0.2) is 18.2 Å². The second kappa shape index (κ2) is 3.74. The van der Waals surface area contributed by atoms with E-state index in [0.29, 0.717) is 24.1 Å². The molecule has 106 valence electrons. The van der Waals surface area contributed by atoms with Crippen LogP contribution in [0.3, 0.4) is 0 Å². The van der Waals surface area contributed by atoms with Gasteiger partial charge < -0.3 is 10.2 Å². The average molecular weight is 284 g/mol. The van der Waals surface area contributed by atoms with Crippen molar-refractivity contribution in [2.75, 3.05) is 17.3 Å². The summed E-state index contributed by atoms with van der Waals surface area (Å²) in [7, 11) is 1.64. The molecule has 1 N–H and O–H groups in total. The van der Waals surface area contributed by atoms with Gasteiger partial charge in [-0.1, -0.05) is 0 Å². The molecule has 1 saturated carbocycles. The van der Waals surface area contributed by atoms with Crippen LogP contribution in [0, 0.1) is 0 Å². The van der Waals surface area contributed by atoms with Crippen LogP contribution < -0.4 is 10.2 Å². The first kappa shape index (κ1) is 13.0. The number of nitrogens with zero attached hydrogens (tertiary/aromatic N) is 1. The van der Waals surface area contributed by atoms with Crippen molar-refractivity contribution in [1.82, 2.24) is 0 Å². The van der Waals surface area contributed by atoms with Crippen molar-refractivity contribution in [3.8, 4) is 0 Å². The standard InChI is InChI=1S/C13H11F3N2O2/c1-18-9-3-2-7(17-10(19)13(14,15)16)6-8(9)12(4-5-12)11(18)20/h2-3,6H,4-5H2,1H3,(H,17,19). The fourth-order valence-corrected chi connectivity index (χ4v) is 2.65. The molecule has 1 aromatic carbocycles. The van der Waals surface area contributed by atoms with E-state index in [1.807, 2.05) is 5.32 Å². The lowest BCUT2D eigenvalue weighted by atomic mass is 9.97. The maximum absolute atomic E-state index is 12.2. The minimum atomic E-state index is -4.93. The van der Waals surface area contributed by atoms with E-state index in [4.69, 9.17) is 0 Å². The normalized spacial score (nSPS) is 19.2. The number of carbonyl (C=O) groups excluding carboxylic acids is 2. The fourth-order valence-electron chi connectivity index (χ4n) is 2.65. The molecule has 0 unspecified atom stereocenters. The van der Waals surface area contributed by atoms with Crippen LogP contribution >= 0.6 is 0 Å². The number of alkyl halides is 3. The Hall–Kier alpha value is -2.05. The van der Waals surface area contributed by atoms with Gasteiger partial charge in [-0.15, -0.1) is 0 Å². The van der Waals surface area contributed by atoms with Crippen LogP contribution in [-0.2, 0) is 15.0 Å². The summed E-state index contributed by atoms with van der Waals surface area (Å²) in [5.74, 6) is -2.05. The molecule has 7 heteroatoms. The second-order valence-corrected chi connectivity index (χ2v) is 5.13. The molecule has 0 atom stereocenters. The van der Waals surface area contributed by atoms with Crippen molar-refractivity contribution in [2.24, 2.45) is 0 Å². The number of hydrogen-bond acceptors (Lipinski definition) is 2. The monoisotopic (exact) mass is 284 g/mol. The molecule has 2 aliphatic rings. The number of benzene rings is 1. The van der Waals surface area contributed by atoms with Gasteiger partial charge in [0.05, 0.1) is 5.41 Å². The summed E-state index contributed by atoms with van der Waals surface area (Å²) in [4.78, 5) is 24.5. The highest BCUT2D eigenvalue weighted by Crippen LogP contribution is 2.57. The largest absolute Gasteiger partial charge is 0.471 e. The summed E-state index contributed by atoms with van der Waals surface area (Å²) < 4.78 is 36.7. The Labute approximate surface area is 112 Å². The fraction of sp³-hybridized carbons (Fsp3) is 0.385. The Morgan fingerprint density at radius 1 is 1.35 bits per heavy atom. The Bertz CT molecular complexity index is 621. The molecule has 0 bridgehead atoms. The smallest absolute Gasteiger partial charge is 0.318 e. The lowest BCUT2D eigenvalue weighted by molar-refractivity contribution is -0.167. The number of hydrogen-bond donors (Lipinski definition) is 1. The van der Waals surface area contributed by atoms with Gasteiger partial charge in [-0.05, 0) is 36.6 Å². The highest BCUT2D eigenvalue weighted by Gasteiger charge is 2.58. The van der Waals surface area contributed by atoms with E-state index in [1.54, 1.807) is 13.1 Å². The van der Waals surface area contributed by atoms with Gasteiger partial charge >= 0.3 is 12.1 Å². The summed E-state index contributed by atoms with van der Waals surface area (Å²) in [6, 6.07) is 4.40. The first-order chi connectivity index (χ1) is 9.25. The third-order valence-corrected chi connectivity index (χ3v) is 3.85. The number of nitrogens with one attached hydrogen (secondary N) is 1. The summed E-state index contributed by atoms with van der Waals surface area (Å²) in [6.45, 7) is 0. The van der Waals surface area contributed by atoms with E-state index in [1.165, 1.54) is 17.0 Å². The van der Waals surface area contributed by atoms with Crippen molar-refractivity contribution in [3.63, 3.8) is 0 Å². The third-order valence-electron chi connectivity index (χ3n) is 3.85. The zero-order valence-corrected chi connectivity index (χ0v) is 10.5. The molecule has 1 fully saturated rings. The van der Waals surface area contributed by atoms with Crippen LogP contribution in [0.1, 0.15) is 18.4 Å². The molecular formula is C13H11F3N2O2. The topological polar surface area (TPSA) is 49.4 Å². The molecule has 1 aromatic rings. The maximum Gasteiger partial charge on any atom is 0.471 e. The Balaban J connectivity index is 1.94. The van der Waals surface area contributed by atoms with Gasteiger partial charge in [-0.3, -0.25) is 9.59 Å². The molecule has 3 rings (SSSR count). The number of likely N-dealkylation sites (N-methyl/N-ethyl adjacent to an activating group) is 1. The van der Waals surface area contributed by atoms with Gasteiger partial charge in [-0.2, -0.15) is 13.2 Å². The summed E-state index contributed by atoms with van der Waals surface area (Å²) in [5, 5.41) is 1.81. The molecular weight excluding hydrogens is 273 g/mol. The molecule has 1 spiro atoms. The quantitative estimate of drug-likeness (QED) is 0.859. The summed E-state index contributed by atoms with van der Waals surface area (Å²) in [6.07, 6.45) is -3.54. The Kier molecular flexibility index (Phi) is 2.42. The number of amides is 2. The van der Waals surface area contributed by atoms with E-state index in [2.05, 4.69) is 0 Å². The van der Waals surface area contributed by atoms with Gasteiger partial charge in [0, 0.05) is 18.4 Å². The van der Waals surface area contributed by atoms with Crippen molar-refractivity contribution >= 4 is 23.2 Å². The zero-order chi connectivity index (χ0) is 14.7. The molecule has 2 amide bonds. The molecule has 1 aliphatic heterocycles. The highest BCUT2D eigenvalue weighted by atomic mass is 19.4. The number of rotatable bonds is 1. The van der Waals surface area contributed by atoms with E-state index in [-0.39, 0.29) is 11.6 Å². The minimum Gasteiger partial charge on any atom is -0.318 e. The average Bonchev–Trinajstić information content (AvgIpc) is 3.14. The van der Waals surface area contributed by atoms with Gasteiger partial charge in [0.25, 0.3) is 0 Å². The van der Waals surface area contributed by atoms with E-state index < -0.39 is 17.5 Å². The molecule has 4 nitrogen and oxygen atoms in total. The van der Waals surface area contributed by atoms with Gasteiger partial charge in [0.2, 0.25) is 5.91 Å². The van der Waals surface area contributed by atoms with Crippen LogP contribution in [0.4, 0.5) is 24.5 Å². The van der Waals surface area contributed by atoms with E-state index >= 15 is 0 Å². The van der Waals surface area contributed by atoms with Crippen molar-refractivity contribution in [1.29, 1.82) is 0 Å².